The summed E-state index contributed by atoms with van der Waals surface area (Å²) in [7, 11) is 1.41. The summed E-state index contributed by atoms with van der Waals surface area (Å²) in [5.41, 5.74) is 0.189. The van der Waals surface area contributed by atoms with Crippen molar-refractivity contribution in [2.45, 2.75) is 37.8 Å². The van der Waals surface area contributed by atoms with Crippen LogP contribution in [0.3, 0.4) is 0 Å². The SMILES string of the molecule is COc1c(OCC2=CC=C(C(C)=O)C2)cccc1C1CC(c2ccc(F)cc2)C=C1C(=O)c1c(F)cccc1C(F)(F)F. The van der Waals surface area contributed by atoms with Crippen molar-refractivity contribution in [1.29, 1.82) is 0 Å². The van der Waals surface area contributed by atoms with Crippen LogP contribution in [-0.2, 0) is 11.0 Å². The number of ketones is 2. The van der Waals surface area contributed by atoms with Crippen molar-refractivity contribution in [3.05, 3.63) is 129 Å². The highest BCUT2D eigenvalue weighted by Crippen LogP contribution is 2.49. The lowest BCUT2D eigenvalue weighted by molar-refractivity contribution is -0.138. The van der Waals surface area contributed by atoms with E-state index in [1.807, 2.05) is 6.08 Å². The number of carbonyl (C=O) groups is 2. The monoisotopic (exact) mass is 594 g/mol. The van der Waals surface area contributed by atoms with Crippen molar-refractivity contribution in [1.82, 2.24) is 0 Å². The van der Waals surface area contributed by atoms with E-state index in [1.165, 1.54) is 32.2 Å². The van der Waals surface area contributed by atoms with Gasteiger partial charge in [-0.3, -0.25) is 9.59 Å². The Hall–Kier alpha value is -4.53. The fourth-order valence-corrected chi connectivity index (χ4v) is 5.62. The van der Waals surface area contributed by atoms with Crippen molar-refractivity contribution < 1.29 is 41.0 Å². The maximum atomic E-state index is 14.9. The van der Waals surface area contributed by atoms with E-state index in [1.54, 1.807) is 36.4 Å². The quantitative estimate of drug-likeness (QED) is 0.185. The molecule has 0 amide bonds. The van der Waals surface area contributed by atoms with Gasteiger partial charge in [-0.1, -0.05) is 48.6 Å². The number of rotatable bonds is 9. The Kier molecular flexibility index (Phi) is 8.35. The molecule has 2 unspecified atom stereocenters. The van der Waals surface area contributed by atoms with E-state index < -0.39 is 46.6 Å². The molecule has 0 fully saturated rings. The number of benzene rings is 3. The molecule has 2 aliphatic carbocycles. The minimum atomic E-state index is -4.96. The van der Waals surface area contributed by atoms with Crippen LogP contribution in [0.5, 0.6) is 11.5 Å². The molecule has 0 spiro atoms. The fraction of sp³-hybridized carbons (Fsp3) is 0.235. The predicted octanol–water partition coefficient (Wildman–Crippen LogP) is 8.30. The first-order valence-corrected chi connectivity index (χ1v) is 13.5. The number of Topliss-reactive ketones (excluding diaryl/α,β-unsaturated/α-hetero) is 2. The molecule has 4 nitrogen and oxygen atoms in total. The molecule has 0 radical (unpaired) electrons. The molecule has 0 saturated carbocycles. The molecule has 0 aliphatic heterocycles. The van der Waals surface area contributed by atoms with E-state index in [-0.39, 0.29) is 30.1 Å². The number of para-hydroxylation sites is 1. The van der Waals surface area contributed by atoms with E-state index in [4.69, 9.17) is 9.47 Å². The van der Waals surface area contributed by atoms with Gasteiger partial charge in [0.25, 0.3) is 0 Å². The van der Waals surface area contributed by atoms with Crippen molar-refractivity contribution in [3.63, 3.8) is 0 Å². The Morgan fingerprint density at radius 1 is 0.953 bits per heavy atom. The third-order valence-electron chi connectivity index (χ3n) is 7.74. The average Bonchev–Trinajstić information content (AvgIpc) is 3.63. The van der Waals surface area contributed by atoms with Gasteiger partial charge in [-0.15, -0.1) is 0 Å². The van der Waals surface area contributed by atoms with E-state index >= 15 is 0 Å². The molecular formula is C34H27F5O4. The highest BCUT2D eigenvalue weighted by Gasteiger charge is 2.41. The predicted molar refractivity (Wildman–Crippen MR) is 150 cm³/mol. The maximum absolute atomic E-state index is 14.9. The number of halogens is 5. The molecule has 0 heterocycles. The van der Waals surface area contributed by atoms with Crippen LogP contribution in [0.15, 0.2) is 95.6 Å². The van der Waals surface area contributed by atoms with Crippen LogP contribution in [0.4, 0.5) is 22.0 Å². The van der Waals surface area contributed by atoms with Crippen LogP contribution in [-0.4, -0.2) is 25.3 Å². The summed E-state index contributed by atoms with van der Waals surface area (Å²) in [6.07, 6.45) is 0.796. The molecule has 2 aliphatic rings. The summed E-state index contributed by atoms with van der Waals surface area (Å²) in [4.78, 5) is 25.5. The van der Waals surface area contributed by atoms with Gasteiger partial charge in [0.15, 0.2) is 23.1 Å². The summed E-state index contributed by atoms with van der Waals surface area (Å²) in [5.74, 6) is -3.53. The second-order valence-electron chi connectivity index (χ2n) is 10.5. The third kappa shape index (κ3) is 6.16. The highest BCUT2D eigenvalue weighted by molar-refractivity contribution is 6.11. The van der Waals surface area contributed by atoms with E-state index in [0.717, 1.165) is 17.7 Å². The zero-order chi connectivity index (χ0) is 30.9. The van der Waals surface area contributed by atoms with E-state index in [2.05, 4.69) is 0 Å². The largest absolute Gasteiger partial charge is 0.493 e. The lowest BCUT2D eigenvalue weighted by Crippen LogP contribution is -2.18. The molecule has 3 aromatic carbocycles. The molecule has 5 rings (SSSR count). The number of hydrogen-bond acceptors (Lipinski definition) is 4. The average molecular weight is 595 g/mol. The summed E-state index contributed by atoms with van der Waals surface area (Å²) in [5, 5.41) is 0. The standard InChI is InChI=1S/C34H27F5O4/c1-19(40)22-10-9-20(15-22)18-43-30-8-3-5-25(33(30)42-2)26-16-23(21-11-13-24(35)14-12-21)17-27(26)32(41)31-28(34(37,38)39)6-4-7-29(31)36/h3-14,17,23,26H,15-16,18H2,1-2H3. The Morgan fingerprint density at radius 3 is 2.33 bits per heavy atom. The van der Waals surface area contributed by atoms with Crippen LogP contribution in [0.2, 0.25) is 0 Å². The van der Waals surface area contributed by atoms with Crippen molar-refractivity contribution >= 4 is 11.6 Å². The van der Waals surface area contributed by atoms with Crippen molar-refractivity contribution in [3.8, 4) is 11.5 Å². The summed E-state index contributed by atoms with van der Waals surface area (Å²) in [6, 6.07) is 13.0. The number of hydrogen-bond donors (Lipinski definition) is 0. The van der Waals surface area contributed by atoms with Crippen LogP contribution >= 0.6 is 0 Å². The molecular weight excluding hydrogens is 567 g/mol. The second kappa shape index (κ2) is 12.0. The van der Waals surface area contributed by atoms with Gasteiger partial charge in [0, 0.05) is 29.4 Å². The first kappa shape index (κ1) is 29.9. The topological polar surface area (TPSA) is 52.6 Å². The fourth-order valence-electron chi connectivity index (χ4n) is 5.62. The zero-order valence-electron chi connectivity index (χ0n) is 23.3. The lowest BCUT2D eigenvalue weighted by atomic mass is 9.85. The summed E-state index contributed by atoms with van der Waals surface area (Å²) >= 11 is 0. The van der Waals surface area contributed by atoms with Gasteiger partial charge < -0.3 is 9.47 Å². The molecule has 0 saturated heterocycles. The van der Waals surface area contributed by atoms with Crippen LogP contribution in [0.1, 0.15) is 58.6 Å². The molecule has 3 aromatic rings. The van der Waals surface area contributed by atoms with Crippen LogP contribution in [0.25, 0.3) is 0 Å². The smallest absolute Gasteiger partial charge is 0.417 e. The number of methoxy groups -OCH3 is 1. The summed E-state index contributed by atoms with van der Waals surface area (Å²) in [6.45, 7) is 1.64. The number of carbonyl (C=O) groups excluding carboxylic acids is 2. The second-order valence-corrected chi connectivity index (χ2v) is 10.5. The Labute approximate surface area is 245 Å². The Bertz CT molecular complexity index is 1660. The van der Waals surface area contributed by atoms with Crippen molar-refractivity contribution in [2.75, 3.05) is 13.7 Å². The Morgan fingerprint density at radius 2 is 1.67 bits per heavy atom. The van der Waals surface area contributed by atoms with Gasteiger partial charge in [-0.25, -0.2) is 8.78 Å². The van der Waals surface area contributed by atoms with Crippen molar-refractivity contribution in [2.24, 2.45) is 0 Å². The molecule has 222 valence electrons. The molecule has 0 aromatic heterocycles. The first-order valence-electron chi connectivity index (χ1n) is 13.5. The maximum Gasteiger partial charge on any atom is 0.417 e. The van der Waals surface area contributed by atoms with Gasteiger partial charge >= 0.3 is 6.18 Å². The third-order valence-corrected chi connectivity index (χ3v) is 7.74. The van der Waals surface area contributed by atoms with E-state index in [0.29, 0.717) is 34.9 Å². The molecule has 43 heavy (non-hydrogen) atoms. The molecule has 0 bridgehead atoms. The van der Waals surface area contributed by atoms with Gasteiger partial charge in [0.2, 0.25) is 0 Å². The van der Waals surface area contributed by atoms with Crippen LogP contribution in [0, 0.1) is 11.6 Å². The van der Waals surface area contributed by atoms with Crippen LogP contribution < -0.4 is 9.47 Å². The van der Waals surface area contributed by atoms with Gasteiger partial charge in [-0.05, 0) is 60.4 Å². The molecule has 0 N–H and O–H groups in total. The highest BCUT2D eigenvalue weighted by atomic mass is 19.4. The summed E-state index contributed by atoms with van der Waals surface area (Å²) < 4.78 is 82.0. The lowest BCUT2D eigenvalue weighted by Gasteiger charge is -2.22. The zero-order valence-corrected chi connectivity index (χ0v) is 23.3. The first-order chi connectivity index (χ1) is 20.5. The van der Waals surface area contributed by atoms with Gasteiger partial charge in [0.05, 0.1) is 18.2 Å². The Balaban J connectivity index is 1.54. The molecule has 9 heteroatoms. The molecule has 2 atom stereocenters. The minimum absolute atomic E-state index is 0.0321. The normalized spacial score (nSPS) is 18.2. The van der Waals surface area contributed by atoms with Gasteiger partial charge in [0.1, 0.15) is 18.2 Å². The van der Waals surface area contributed by atoms with Gasteiger partial charge in [-0.2, -0.15) is 13.2 Å². The van der Waals surface area contributed by atoms with E-state index in [9.17, 15) is 31.5 Å². The minimum Gasteiger partial charge on any atom is -0.493 e. The number of alkyl halides is 3. The number of ether oxygens (including phenoxy) is 2. The number of allylic oxidation sites excluding steroid dienone is 5.